The lowest BCUT2D eigenvalue weighted by atomic mass is 10.1. The number of alkyl halides is 1. The van der Waals surface area contributed by atoms with E-state index >= 15 is 0 Å². The zero-order valence-electron chi connectivity index (χ0n) is 11.9. The molecule has 0 aromatic heterocycles. The Kier molecular flexibility index (Phi) is 7.45. The lowest BCUT2D eigenvalue weighted by Gasteiger charge is -2.12. The smallest absolute Gasteiger partial charge is 0.146 e. The van der Waals surface area contributed by atoms with Crippen LogP contribution in [-0.2, 0) is 12.8 Å². The van der Waals surface area contributed by atoms with Crippen LogP contribution in [0.2, 0.25) is 0 Å². The number of benzene rings is 1. The van der Waals surface area contributed by atoms with Crippen molar-refractivity contribution in [2.75, 3.05) is 26.2 Å². The number of nitrogens with one attached hydrogen (secondary N) is 1. The van der Waals surface area contributed by atoms with E-state index in [2.05, 4.69) is 25.2 Å². The molecule has 108 valence electrons. The number of hydrogen-bond donors (Lipinski definition) is 2. The monoisotopic (exact) mass is 268 g/mol. The van der Waals surface area contributed by atoms with E-state index in [4.69, 9.17) is 10.5 Å². The van der Waals surface area contributed by atoms with Gasteiger partial charge >= 0.3 is 0 Å². The van der Waals surface area contributed by atoms with Gasteiger partial charge < -0.3 is 15.8 Å². The molecule has 0 heterocycles. The van der Waals surface area contributed by atoms with E-state index < -0.39 is 6.17 Å². The molecule has 0 bridgehead atoms. The maximum atomic E-state index is 13.1. The Balaban J connectivity index is 2.65. The van der Waals surface area contributed by atoms with Crippen molar-refractivity contribution < 1.29 is 9.13 Å². The van der Waals surface area contributed by atoms with Crippen LogP contribution in [0.25, 0.3) is 0 Å². The van der Waals surface area contributed by atoms with Crippen LogP contribution < -0.4 is 15.8 Å². The van der Waals surface area contributed by atoms with Crippen LogP contribution in [0, 0.1) is 0 Å². The van der Waals surface area contributed by atoms with E-state index in [9.17, 15) is 4.39 Å². The minimum absolute atomic E-state index is 0.000740. The molecule has 0 spiro atoms. The molecule has 0 unspecified atom stereocenters. The summed E-state index contributed by atoms with van der Waals surface area (Å²) in [6.45, 7) is 6.13. The SMILES string of the molecule is CCNCCc1cc(CC)cc(OC[C@H](F)CN)c1. The van der Waals surface area contributed by atoms with Gasteiger partial charge in [0.15, 0.2) is 0 Å². The van der Waals surface area contributed by atoms with Crippen LogP contribution in [0.3, 0.4) is 0 Å². The lowest BCUT2D eigenvalue weighted by molar-refractivity contribution is 0.201. The highest BCUT2D eigenvalue weighted by atomic mass is 19.1. The zero-order chi connectivity index (χ0) is 14.1. The highest BCUT2D eigenvalue weighted by Gasteiger charge is 2.06. The molecule has 1 atom stereocenters. The summed E-state index contributed by atoms with van der Waals surface area (Å²) in [7, 11) is 0. The average molecular weight is 268 g/mol. The van der Waals surface area contributed by atoms with Crippen molar-refractivity contribution in [3.8, 4) is 5.75 Å². The largest absolute Gasteiger partial charge is 0.490 e. The molecule has 0 saturated heterocycles. The third kappa shape index (κ3) is 6.03. The molecular formula is C15H25FN2O. The molecule has 1 aromatic rings. The summed E-state index contributed by atoms with van der Waals surface area (Å²) in [6.07, 6.45) is 0.797. The van der Waals surface area contributed by atoms with Gasteiger partial charge in [-0.2, -0.15) is 0 Å². The van der Waals surface area contributed by atoms with Gasteiger partial charge in [-0.3, -0.25) is 0 Å². The fourth-order valence-corrected chi connectivity index (χ4v) is 1.82. The second kappa shape index (κ2) is 8.88. The first kappa shape index (κ1) is 15.9. The number of ether oxygens (including phenoxy) is 1. The Morgan fingerprint density at radius 2 is 2.00 bits per heavy atom. The molecule has 1 aromatic carbocycles. The minimum atomic E-state index is -1.10. The van der Waals surface area contributed by atoms with E-state index in [0.29, 0.717) is 0 Å². The molecule has 0 saturated carbocycles. The molecule has 0 radical (unpaired) electrons. The van der Waals surface area contributed by atoms with Gasteiger partial charge in [0.25, 0.3) is 0 Å². The van der Waals surface area contributed by atoms with Crippen molar-refractivity contribution in [3.05, 3.63) is 29.3 Å². The van der Waals surface area contributed by atoms with Crippen LogP contribution in [0.1, 0.15) is 25.0 Å². The van der Waals surface area contributed by atoms with Crippen molar-refractivity contribution in [1.82, 2.24) is 5.32 Å². The van der Waals surface area contributed by atoms with Gasteiger partial charge in [-0.05, 0) is 49.2 Å². The molecule has 4 heteroatoms. The van der Waals surface area contributed by atoms with Crippen molar-refractivity contribution in [3.63, 3.8) is 0 Å². The predicted octanol–water partition coefficient (Wildman–Crippen LogP) is 2.08. The summed E-state index contributed by atoms with van der Waals surface area (Å²) >= 11 is 0. The van der Waals surface area contributed by atoms with Crippen LogP contribution >= 0.6 is 0 Å². The first-order chi connectivity index (χ1) is 9.19. The van der Waals surface area contributed by atoms with Crippen LogP contribution in [0.4, 0.5) is 4.39 Å². The third-order valence-electron chi connectivity index (χ3n) is 2.96. The second-order valence-electron chi connectivity index (χ2n) is 4.59. The minimum Gasteiger partial charge on any atom is -0.490 e. The molecule has 0 fully saturated rings. The number of aryl methyl sites for hydroxylation is 1. The first-order valence-corrected chi connectivity index (χ1v) is 7.00. The molecule has 3 N–H and O–H groups in total. The summed E-state index contributed by atoms with van der Waals surface area (Å²) in [4.78, 5) is 0. The van der Waals surface area contributed by atoms with Crippen LogP contribution in [0.15, 0.2) is 18.2 Å². The molecule has 0 aliphatic heterocycles. The van der Waals surface area contributed by atoms with Gasteiger partial charge in [-0.25, -0.2) is 4.39 Å². The van der Waals surface area contributed by atoms with Gasteiger partial charge in [0.2, 0.25) is 0 Å². The normalized spacial score (nSPS) is 12.4. The molecule has 1 rings (SSSR count). The predicted molar refractivity (Wildman–Crippen MR) is 77.5 cm³/mol. The summed E-state index contributed by atoms with van der Waals surface area (Å²) in [5.41, 5.74) is 7.68. The van der Waals surface area contributed by atoms with E-state index in [1.165, 1.54) is 11.1 Å². The number of rotatable bonds is 9. The molecule has 3 nitrogen and oxygen atoms in total. The summed E-state index contributed by atoms with van der Waals surface area (Å²) in [5.74, 6) is 0.738. The fourth-order valence-electron chi connectivity index (χ4n) is 1.82. The maximum Gasteiger partial charge on any atom is 0.146 e. The average Bonchev–Trinajstić information content (AvgIpc) is 2.44. The Labute approximate surface area is 115 Å². The molecule has 0 aliphatic carbocycles. The highest BCUT2D eigenvalue weighted by molar-refractivity contribution is 5.34. The van der Waals surface area contributed by atoms with Crippen LogP contribution in [-0.4, -0.2) is 32.4 Å². The zero-order valence-corrected chi connectivity index (χ0v) is 11.9. The van der Waals surface area contributed by atoms with Gasteiger partial charge in [-0.1, -0.05) is 19.9 Å². The van der Waals surface area contributed by atoms with Crippen molar-refractivity contribution in [2.45, 2.75) is 32.9 Å². The van der Waals surface area contributed by atoms with Gasteiger partial charge in [0, 0.05) is 6.54 Å². The van der Waals surface area contributed by atoms with E-state index in [1.807, 2.05) is 12.1 Å². The van der Waals surface area contributed by atoms with E-state index in [1.54, 1.807) is 0 Å². The Morgan fingerprint density at radius 3 is 2.63 bits per heavy atom. The Bertz CT molecular complexity index is 371. The van der Waals surface area contributed by atoms with Gasteiger partial charge in [-0.15, -0.1) is 0 Å². The standard InChI is InChI=1S/C15H25FN2O/c1-3-12-7-13(5-6-18-4-2)9-15(8-12)19-11-14(16)10-17/h7-9,14,18H,3-6,10-11,17H2,1-2H3/t14-/m1/s1. The van der Waals surface area contributed by atoms with Crippen LogP contribution in [0.5, 0.6) is 5.75 Å². The topological polar surface area (TPSA) is 47.3 Å². The van der Waals surface area contributed by atoms with Crippen molar-refractivity contribution in [2.24, 2.45) is 5.73 Å². The summed E-state index contributed by atoms with van der Waals surface area (Å²) in [6, 6.07) is 6.14. The fraction of sp³-hybridized carbons (Fsp3) is 0.600. The van der Waals surface area contributed by atoms with Gasteiger partial charge in [0.1, 0.15) is 18.5 Å². The quantitative estimate of drug-likeness (QED) is 0.674. The molecule has 19 heavy (non-hydrogen) atoms. The second-order valence-corrected chi connectivity index (χ2v) is 4.59. The number of likely N-dealkylation sites (N-methyl/N-ethyl adjacent to an activating group) is 1. The molecular weight excluding hydrogens is 243 g/mol. The summed E-state index contributed by atoms with van der Waals surface area (Å²) in [5, 5.41) is 3.30. The van der Waals surface area contributed by atoms with Crippen molar-refractivity contribution in [1.29, 1.82) is 0 Å². The van der Waals surface area contributed by atoms with Gasteiger partial charge in [0.05, 0.1) is 0 Å². The molecule has 0 amide bonds. The lowest BCUT2D eigenvalue weighted by Crippen LogP contribution is -2.22. The Hall–Kier alpha value is -1.13. The number of halogens is 1. The summed E-state index contributed by atoms with van der Waals surface area (Å²) < 4.78 is 18.6. The highest BCUT2D eigenvalue weighted by Crippen LogP contribution is 2.18. The van der Waals surface area contributed by atoms with Crippen molar-refractivity contribution >= 4 is 0 Å². The van der Waals surface area contributed by atoms with E-state index in [-0.39, 0.29) is 13.2 Å². The molecule has 0 aliphatic rings. The number of hydrogen-bond acceptors (Lipinski definition) is 3. The third-order valence-corrected chi connectivity index (χ3v) is 2.96. The first-order valence-electron chi connectivity index (χ1n) is 7.00. The van der Waals surface area contributed by atoms with E-state index in [0.717, 1.165) is 31.7 Å². The Morgan fingerprint density at radius 1 is 1.26 bits per heavy atom. The maximum absolute atomic E-state index is 13.1. The number of nitrogens with two attached hydrogens (primary N) is 1.